The predicted octanol–water partition coefficient (Wildman–Crippen LogP) is 1.48. The van der Waals surface area contributed by atoms with Gasteiger partial charge in [-0.15, -0.1) is 0 Å². The maximum atomic E-state index is 11.2. The van der Waals surface area contributed by atoms with E-state index >= 15 is 0 Å². The molecule has 1 aromatic rings. The van der Waals surface area contributed by atoms with Crippen molar-refractivity contribution in [2.24, 2.45) is 5.41 Å². The van der Waals surface area contributed by atoms with E-state index in [4.69, 9.17) is 0 Å². The minimum Gasteiger partial charge on any atom is -0.271 e. The smallest absolute Gasteiger partial charge is 0.178 e. The second-order valence-corrected chi connectivity index (χ2v) is 6.83. The summed E-state index contributed by atoms with van der Waals surface area (Å²) in [6.45, 7) is 3.04. The van der Waals surface area contributed by atoms with Crippen molar-refractivity contribution in [3.8, 4) is 0 Å². The van der Waals surface area contributed by atoms with E-state index in [0.717, 1.165) is 6.54 Å². The van der Waals surface area contributed by atoms with Crippen LogP contribution in [-0.2, 0) is 16.4 Å². The molecular weight excluding hydrogens is 212 g/mol. The minimum atomic E-state index is -3.11. The van der Waals surface area contributed by atoms with E-state index in [1.807, 2.05) is 0 Å². The molecule has 1 saturated carbocycles. The fourth-order valence-electron chi connectivity index (χ4n) is 1.95. The highest BCUT2D eigenvalue weighted by Gasteiger charge is 2.32. The lowest BCUT2D eigenvalue weighted by Gasteiger charge is -2.38. The standard InChI is InChI=1S/C10H16N2O2S/c1-10(4-3-5-10)8-12-7-9(6-11-12)15(2,13)14/h6-7H,3-5,8H2,1-2H3. The summed E-state index contributed by atoms with van der Waals surface area (Å²) in [4.78, 5) is 0.311. The second-order valence-electron chi connectivity index (χ2n) is 4.81. The van der Waals surface area contributed by atoms with Crippen LogP contribution in [0.5, 0.6) is 0 Å². The molecule has 15 heavy (non-hydrogen) atoms. The lowest BCUT2D eigenvalue weighted by Crippen LogP contribution is -2.30. The molecule has 1 aromatic heterocycles. The Hall–Kier alpha value is -0.840. The summed E-state index contributed by atoms with van der Waals surface area (Å²) in [5.74, 6) is 0. The molecule has 4 nitrogen and oxygen atoms in total. The molecule has 0 N–H and O–H groups in total. The normalized spacial score (nSPS) is 19.9. The van der Waals surface area contributed by atoms with E-state index < -0.39 is 9.84 Å². The molecule has 0 unspecified atom stereocenters. The van der Waals surface area contributed by atoms with Gasteiger partial charge >= 0.3 is 0 Å². The van der Waals surface area contributed by atoms with E-state index in [-0.39, 0.29) is 0 Å². The first-order valence-corrected chi connectivity index (χ1v) is 7.01. The van der Waals surface area contributed by atoms with Crippen LogP contribution < -0.4 is 0 Å². The Bertz CT molecular complexity index is 458. The molecule has 0 bridgehead atoms. The highest BCUT2D eigenvalue weighted by molar-refractivity contribution is 7.90. The molecule has 0 saturated heterocycles. The van der Waals surface area contributed by atoms with E-state index in [1.165, 1.54) is 31.7 Å². The number of sulfone groups is 1. The summed E-state index contributed by atoms with van der Waals surface area (Å²) in [5, 5.41) is 4.09. The van der Waals surface area contributed by atoms with Crippen LogP contribution in [0, 0.1) is 5.41 Å². The zero-order valence-corrected chi connectivity index (χ0v) is 9.92. The van der Waals surface area contributed by atoms with E-state index in [1.54, 1.807) is 10.9 Å². The highest BCUT2D eigenvalue weighted by atomic mass is 32.2. The van der Waals surface area contributed by atoms with Crippen molar-refractivity contribution >= 4 is 9.84 Å². The van der Waals surface area contributed by atoms with Crippen molar-refractivity contribution in [3.63, 3.8) is 0 Å². The van der Waals surface area contributed by atoms with Gasteiger partial charge in [0.1, 0.15) is 4.90 Å². The monoisotopic (exact) mass is 228 g/mol. The van der Waals surface area contributed by atoms with Gasteiger partial charge in [0.05, 0.1) is 6.20 Å². The molecule has 5 heteroatoms. The van der Waals surface area contributed by atoms with Crippen LogP contribution in [0.4, 0.5) is 0 Å². The van der Waals surface area contributed by atoms with Crippen LogP contribution in [0.15, 0.2) is 17.3 Å². The third kappa shape index (κ3) is 2.22. The van der Waals surface area contributed by atoms with Crippen molar-refractivity contribution in [1.82, 2.24) is 9.78 Å². The van der Waals surface area contributed by atoms with Crippen LogP contribution in [0.3, 0.4) is 0 Å². The van der Waals surface area contributed by atoms with Gasteiger partial charge < -0.3 is 0 Å². The van der Waals surface area contributed by atoms with Gasteiger partial charge in [-0.2, -0.15) is 5.10 Å². The number of nitrogens with zero attached hydrogens (tertiary/aromatic N) is 2. The number of rotatable bonds is 3. The fourth-order valence-corrected chi connectivity index (χ4v) is 2.50. The maximum Gasteiger partial charge on any atom is 0.178 e. The van der Waals surface area contributed by atoms with Crippen molar-refractivity contribution in [3.05, 3.63) is 12.4 Å². The molecule has 0 spiro atoms. The summed E-state index contributed by atoms with van der Waals surface area (Å²) < 4.78 is 24.2. The zero-order chi connectivity index (χ0) is 11.1. The average Bonchev–Trinajstić information content (AvgIpc) is 2.49. The molecule has 2 rings (SSSR count). The quantitative estimate of drug-likeness (QED) is 0.787. The Morgan fingerprint density at radius 1 is 1.53 bits per heavy atom. The van der Waals surface area contributed by atoms with Crippen molar-refractivity contribution in [2.75, 3.05) is 6.26 Å². The summed E-state index contributed by atoms with van der Waals surface area (Å²) in [6.07, 6.45) is 7.95. The molecule has 0 aliphatic heterocycles. The van der Waals surface area contributed by atoms with Gasteiger partial charge in [0.15, 0.2) is 9.84 Å². The number of aromatic nitrogens is 2. The maximum absolute atomic E-state index is 11.2. The largest absolute Gasteiger partial charge is 0.271 e. The van der Waals surface area contributed by atoms with Gasteiger partial charge in [0.25, 0.3) is 0 Å². The van der Waals surface area contributed by atoms with E-state index in [0.29, 0.717) is 10.3 Å². The highest BCUT2D eigenvalue weighted by Crippen LogP contribution is 2.41. The molecule has 0 radical (unpaired) electrons. The van der Waals surface area contributed by atoms with Crippen LogP contribution in [0.25, 0.3) is 0 Å². The van der Waals surface area contributed by atoms with Gasteiger partial charge in [0, 0.05) is 19.0 Å². The van der Waals surface area contributed by atoms with E-state index in [2.05, 4.69) is 12.0 Å². The molecular formula is C10H16N2O2S. The third-order valence-electron chi connectivity index (χ3n) is 3.14. The van der Waals surface area contributed by atoms with Gasteiger partial charge in [-0.3, -0.25) is 4.68 Å². The topological polar surface area (TPSA) is 52.0 Å². The average molecular weight is 228 g/mol. The molecule has 1 aliphatic rings. The van der Waals surface area contributed by atoms with Crippen LogP contribution in [0.2, 0.25) is 0 Å². The second kappa shape index (κ2) is 3.33. The van der Waals surface area contributed by atoms with Gasteiger partial charge in [0.2, 0.25) is 0 Å². The first-order chi connectivity index (χ1) is 6.89. The molecule has 1 heterocycles. The van der Waals surface area contributed by atoms with Crippen LogP contribution in [-0.4, -0.2) is 24.5 Å². The number of hydrogen-bond donors (Lipinski definition) is 0. The molecule has 1 aliphatic carbocycles. The Balaban J connectivity index is 2.14. The molecule has 0 aromatic carbocycles. The minimum absolute atomic E-state index is 0.311. The Labute approximate surface area is 90.2 Å². The van der Waals surface area contributed by atoms with Crippen LogP contribution >= 0.6 is 0 Å². The molecule has 0 amide bonds. The van der Waals surface area contributed by atoms with Gasteiger partial charge in [-0.05, 0) is 18.3 Å². The SMILES string of the molecule is CC1(Cn2cc(S(C)(=O)=O)cn2)CCC1. The van der Waals surface area contributed by atoms with Crippen molar-refractivity contribution < 1.29 is 8.42 Å². The van der Waals surface area contributed by atoms with Gasteiger partial charge in [-0.25, -0.2) is 8.42 Å². The van der Waals surface area contributed by atoms with E-state index in [9.17, 15) is 8.42 Å². The Morgan fingerprint density at radius 2 is 2.20 bits per heavy atom. The lowest BCUT2D eigenvalue weighted by atomic mass is 9.70. The number of hydrogen-bond acceptors (Lipinski definition) is 3. The van der Waals surface area contributed by atoms with Gasteiger partial charge in [-0.1, -0.05) is 13.3 Å². The Kier molecular flexibility index (Phi) is 2.37. The first-order valence-electron chi connectivity index (χ1n) is 5.12. The Morgan fingerprint density at radius 3 is 2.60 bits per heavy atom. The van der Waals surface area contributed by atoms with Crippen LogP contribution in [0.1, 0.15) is 26.2 Å². The molecule has 84 valence electrons. The predicted molar refractivity (Wildman–Crippen MR) is 57.3 cm³/mol. The summed E-state index contributed by atoms with van der Waals surface area (Å²) in [5.41, 5.74) is 0.320. The molecule has 1 fully saturated rings. The third-order valence-corrected chi connectivity index (χ3v) is 4.21. The summed E-state index contributed by atoms with van der Waals surface area (Å²) in [7, 11) is -3.11. The lowest BCUT2D eigenvalue weighted by molar-refractivity contribution is 0.126. The van der Waals surface area contributed by atoms with Crippen molar-refractivity contribution in [2.45, 2.75) is 37.6 Å². The molecule has 0 atom stereocenters. The van der Waals surface area contributed by atoms with Crippen molar-refractivity contribution in [1.29, 1.82) is 0 Å². The summed E-state index contributed by atoms with van der Waals surface area (Å²) >= 11 is 0. The summed E-state index contributed by atoms with van der Waals surface area (Å²) in [6, 6.07) is 0. The zero-order valence-electron chi connectivity index (χ0n) is 9.10. The fraction of sp³-hybridized carbons (Fsp3) is 0.700. The first kappa shape index (κ1) is 10.7.